The average molecular weight is 448 g/mol. The first-order chi connectivity index (χ1) is 15.1. The molecule has 1 atom stereocenters. The highest BCUT2D eigenvalue weighted by molar-refractivity contribution is 7.92. The average Bonchev–Trinajstić information content (AvgIpc) is 3.11. The smallest absolute Gasteiger partial charge is 0.261 e. The maximum atomic E-state index is 13.2. The minimum Gasteiger partial charge on any atom is -0.460 e. The van der Waals surface area contributed by atoms with E-state index in [1.54, 1.807) is 12.1 Å². The minimum absolute atomic E-state index is 0.216. The molecule has 0 spiro atoms. The fourth-order valence-corrected chi connectivity index (χ4v) is 5.91. The van der Waals surface area contributed by atoms with Crippen molar-refractivity contribution in [2.24, 2.45) is 11.3 Å². The lowest BCUT2D eigenvalue weighted by molar-refractivity contribution is 0.210. The zero-order chi connectivity index (χ0) is 22.7. The number of anilines is 1. The highest BCUT2D eigenvalue weighted by atomic mass is 32.2. The van der Waals surface area contributed by atoms with Crippen LogP contribution in [0.1, 0.15) is 44.1 Å². The second-order valence-corrected chi connectivity index (χ2v) is 11.8. The van der Waals surface area contributed by atoms with Crippen molar-refractivity contribution in [1.82, 2.24) is 0 Å². The summed E-state index contributed by atoms with van der Waals surface area (Å²) in [5, 5.41) is 2.80. The van der Waals surface area contributed by atoms with Gasteiger partial charge in [0, 0.05) is 28.1 Å². The molecule has 4 aromatic rings. The summed E-state index contributed by atoms with van der Waals surface area (Å²) in [6, 6.07) is 16.7. The lowest BCUT2D eigenvalue weighted by Gasteiger charge is -2.33. The topological polar surface area (TPSA) is 59.3 Å². The van der Waals surface area contributed by atoms with Crippen LogP contribution < -0.4 is 4.72 Å². The molecule has 166 valence electrons. The van der Waals surface area contributed by atoms with E-state index in [2.05, 4.69) is 25.5 Å². The van der Waals surface area contributed by atoms with Crippen LogP contribution >= 0.6 is 0 Å². The van der Waals surface area contributed by atoms with Crippen LogP contribution in [0.4, 0.5) is 5.69 Å². The Hall–Kier alpha value is -2.79. The van der Waals surface area contributed by atoms with E-state index in [0.29, 0.717) is 11.6 Å². The Bertz CT molecular complexity index is 1420. The van der Waals surface area contributed by atoms with Crippen molar-refractivity contribution in [3.8, 4) is 0 Å². The van der Waals surface area contributed by atoms with Crippen LogP contribution in [0.5, 0.6) is 0 Å². The Balaban J connectivity index is 1.67. The normalized spacial score (nSPS) is 16.9. The van der Waals surface area contributed by atoms with Crippen LogP contribution in [0, 0.1) is 18.3 Å². The fraction of sp³-hybridized carbons (Fsp3) is 0.333. The lowest BCUT2D eigenvalue weighted by atomic mass is 9.71. The molecule has 1 heterocycles. The van der Waals surface area contributed by atoms with E-state index in [1.165, 1.54) is 5.56 Å². The predicted octanol–water partition coefficient (Wildman–Crippen LogP) is 6.85. The number of rotatable bonds is 3. The summed E-state index contributed by atoms with van der Waals surface area (Å²) in [4.78, 5) is 0.259. The van der Waals surface area contributed by atoms with E-state index in [9.17, 15) is 8.42 Å². The quantitative estimate of drug-likeness (QED) is 0.374. The predicted molar refractivity (Wildman–Crippen MR) is 131 cm³/mol. The number of benzene rings is 3. The van der Waals surface area contributed by atoms with Crippen LogP contribution in [-0.4, -0.2) is 8.42 Å². The van der Waals surface area contributed by atoms with Crippen LogP contribution in [0.15, 0.2) is 63.9 Å². The molecule has 5 heteroatoms. The number of nitrogens with one attached hydrogen (secondary N) is 1. The number of hydrogen-bond donors (Lipinski definition) is 1. The van der Waals surface area contributed by atoms with Crippen molar-refractivity contribution in [2.45, 2.75) is 51.9 Å². The van der Waals surface area contributed by atoms with Crippen LogP contribution in [0.2, 0.25) is 0 Å². The molecule has 4 nitrogen and oxygen atoms in total. The molecule has 0 aliphatic heterocycles. The standard InChI is InChI=1S/C27H29NO3S/c1-17-9-12-19(13-10-17)32(29,30)28-24-16-23-22-15-18(27(2,3)4)11-14-25(22)31-26(23)21-8-6-5-7-20(21)24/h5-10,12-13,16,18,28H,11,14-15H2,1-4H3/t18-/m0/s1. The second-order valence-electron chi connectivity index (χ2n) is 10.1. The van der Waals surface area contributed by atoms with Gasteiger partial charge in [0.25, 0.3) is 10.0 Å². The molecular weight excluding hydrogens is 418 g/mol. The number of fused-ring (bicyclic) bond motifs is 5. The molecule has 5 rings (SSSR count). The van der Waals surface area contributed by atoms with Crippen molar-refractivity contribution < 1.29 is 12.8 Å². The molecule has 1 aliphatic carbocycles. The van der Waals surface area contributed by atoms with E-state index in [-0.39, 0.29) is 10.3 Å². The molecule has 0 amide bonds. The van der Waals surface area contributed by atoms with Crippen molar-refractivity contribution in [1.29, 1.82) is 0 Å². The minimum atomic E-state index is -3.71. The molecule has 1 aromatic heterocycles. The molecule has 1 N–H and O–H groups in total. The number of hydrogen-bond acceptors (Lipinski definition) is 3. The van der Waals surface area contributed by atoms with Gasteiger partial charge in [0.1, 0.15) is 11.3 Å². The number of aryl methyl sites for hydroxylation is 2. The van der Waals surface area contributed by atoms with Crippen LogP contribution in [-0.2, 0) is 22.9 Å². The zero-order valence-electron chi connectivity index (χ0n) is 19.0. The molecule has 0 fully saturated rings. The van der Waals surface area contributed by atoms with Gasteiger partial charge in [-0.2, -0.15) is 0 Å². The van der Waals surface area contributed by atoms with E-state index in [4.69, 9.17) is 4.42 Å². The second kappa shape index (κ2) is 7.38. The van der Waals surface area contributed by atoms with Gasteiger partial charge in [-0.15, -0.1) is 0 Å². The Kier molecular flexibility index (Phi) is 4.86. The molecule has 1 aliphatic rings. The van der Waals surface area contributed by atoms with Crippen molar-refractivity contribution in [3.63, 3.8) is 0 Å². The van der Waals surface area contributed by atoms with E-state index in [1.807, 2.05) is 49.4 Å². The van der Waals surface area contributed by atoms with Gasteiger partial charge in [0.15, 0.2) is 0 Å². The molecule has 0 saturated carbocycles. The summed E-state index contributed by atoms with van der Waals surface area (Å²) in [5.41, 5.74) is 3.92. The molecule has 0 radical (unpaired) electrons. The van der Waals surface area contributed by atoms with Gasteiger partial charge in [-0.25, -0.2) is 8.42 Å². The van der Waals surface area contributed by atoms with Gasteiger partial charge in [-0.3, -0.25) is 4.72 Å². The summed E-state index contributed by atoms with van der Waals surface area (Å²) in [6.45, 7) is 8.82. The molecule has 0 bridgehead atoms. The van der Waals surface area contributed by atoms with Crippen LogP contribution in [0.25, 0.3) is 21.7 Å². The largest absolute Gasteiger partial charge is 0.460 e. The van der Waals surface area contributed by atoms with Gasteiger partial charge in [-0.1, -0.05) is 62.7 Å². The van der Waals surface area contributed by atoms with Gasteiger partial charge in [0.2, 0.25) is 0 Å². The summed E-state index contributed by atoms with van der Waals surface area (Å²) in [7, 11) is -3.71. The Morgan fingerprint density at radius 1 is 0.969 bits per heavy atom. The van der Waals surface area contributed by atoms with Crippen molar-refractivity contribution >= 4 is 37.5 Å². The summed E-state index contributed by atoms with van der Waals surface area (Å²) < 4.78 is 35.6. The lowest BCUT2D eigenvalue weighted by Crippen LogP contribution is -2.26. The number of sulfonamides is 1. The molecular formula is C27H29NO3S. The monoisotopic (exact) mass is 447 g/mol. The third-order valence-corrected chi connectivity index (χ3v) is 8.23. The van der Waals surface area contributed by atoms with Gasteiger partial charge in [-0.05, 0) is 49.3 Å². The maximum absolute atomic E-state index is 13.2. The molecule has 0 saturated heterocycles. The summed E-state index contributed by atoms with van der Waals surface area (Å²) in [6.07, 6.45) is 2.99. The Morgan fingerprint density at radius 3 is 2.34 bits per heavy atom. The first kappa shape index (κ1) is 21.1. The highest BCUT2D eigenvalue weighted by Crippen LogP contribution is 2.44. The zero-order valence-corrected chi connectivity index (χ0v) is 19.8. The Labute approximate surface area is 189 Å². The fourth-order valence-electron chi connectivity index (χ4n) is 4.84. The highest BCUT2D eigenvalue weighted by Gasteiger charge is 2.32. The van der Waals surface area contributed by atoms with E-state index >= 15 is 0 Å². The third-order valence-electron chi connectivity index (χ3n) is 6.85. The van der Waals surface area contributed by atoms with Gasteiger partial charge in [0.05, 0.1) is 10.6 Å². The van der Waals surface area contributed by atoms with Crippen molar-refractivity contribution in [3.05, 3.63) is 71.5 Å². The van der Waals surface area contributed by atoms with E-state index in [0.717, 1.165) is 52.3 Å². The first-order valence-electron chi connectivity index (χ1n) is 11.2. The molecule has 0 unspecified atom stereocenters. The summed E-state index contributed by atoms with van der Waals surface area (Å²) in [5.74, 6) is 1.61. The summed E-state index contributed by atoms with van der Waals surface area (Å²) >= 11 is 0. The number of furan rings is 1. The van der Waals surface area contributed by atoms with Crippen molar-refractivity contribution in [2.75, 3.05) is 4.72 Å². The van der Waals surface area contributed by atoms with E-state index < -0.39 is 10.0 Å². The van der Waals surface area contributed by atoms with Gasteiger partial charge >= 0.3 is 0 Å². The SMILES string of the molecule is Cc1ccc(S(=O)(=O)Nc2cc3c4c(oc3c3ccccc23)CC[C@H](C(C)(C)C)C4)cc1. The first-order valence-corrected chi connectivity index (χ1v) is 12.7. The Morgan fingerprint density at radius 2 is 1.66 bits per heavy atom. The molecule has 32 heavy (non-hydrogen) atoms. The third kappa shape index (κ3) is 3.58. The van der Waals surface area contributed by atoms with Crippen LogP contribution in [0.3, 0.4) is 0 Å². The maximum Gasteiger partial charge on any atom is 0.261 e. The van der Waals surface area contributed by atoms with Gasteiger partial charge < -0.3 is 4.42 Å². The molecule has 3 aromatic carbocycles.